The summed E-state index contributed by atoms with van der Waals surface area (Å²) < 4.78 is 0.891. The zero-order valence-electron chi connectivity index (χ0n) is 8.20. The van der Waals surface area contributed by atoms with Crippen LogP contribution >= 0.6 is 15.9 Å². The van der Waals surface area contributed by atoms with Crippen molar-refractivity contribution >= 4 is 21.6 Å². The predicted octanol–water partition coefficient (Wildman–Crippen LogP) is 2.25. The summed E-state index contributed by atoms with van der Waals surface area (Å²) in [5, 5.41) is 11.9. The summed E-state index contributed by atoms with van der Waals surface area (Å²) in [5.74, 6) is 0. The zero-order chi connectivity index (χ0) is 11.1. The third-order valence-electron chi connectivity index (χ3n) is 1.81. The molecule has 0 spiro atoms. The van der Waals surface area contributed by atoms with Crippen molar-refractivity contribution in [1.29, 1.82) is 5.26 Å². The highest BCUT2D eigenvalue weighted by atomic mass is 79.9. The Bertz CT molecular complexity index is 393. The minimum absolute atomic E-state index is 0.552. The fourth-order valence-corrected chi connectivity index (χ4v) is 1.60. The second-order valence-corrected chi connectivity index (χ2v) is 3.75. The van der Waals surface area contributed by atoms with Crippen LogP contribution in [0.25, 0.3) is 0 Å². The van der Waals surface area contributed by atoms with E-state index in [1.165, 1.54) is 0 Å². The molecule has 1 rings (SSSR count). The fourth-order valence-electron chi connectivity index (χ4n) is 1.08. The lowest BCUT2D eigenvalue weighted by molar-refractivity contribution is 1.22. The summed E-state index contributed by atoms with van der Waals surface area (Å²) >= 11 is 3.39. The number of nitrogens with zero attached hydrogens (tertiary/aromatic N) is 1. The van der Waals surface area contributed by atoms with Crippen LogP contribution < -0.4 is 11.1 Å². The molecule has 3 nitrogen and oxygen atoms in total. The normalized spacial score (nSPS) is 10.2. The number of halogens is 1. The summed E-state index contributed by atoms with van der Waals surface area (Å²) in [5.41, 5.74) is 6.93. The lowest BCUT2D eigenvalue weighted by atomic mass is 10.2. The van der Waals surface area contributed by atoms with Crippen molar-refractivity contribution in [3.63, 3.8) is 0 Å². The van der Waals surface area contributed by atoms with E-state index in [9.17, 15) is 0 Å². The quantitative estimate of drug-likeness (QED) is 0.821. The highest BCUT2D eigenvalue weighted by Gasteiger charge is 1.99. The van der Waals surface area contributed by atoms with Crippen LogP contribution in [0.5, 0.6) is 0 Å². The van der Waals surface area contributed by atoms with Crippen molar-refractivity contribution in [3.05, 3.63) is 40.4 Å². The van der Waals surface area contributed by atoms with Crippen LogP contribution in [-0.4, -0.2) is 13.1 Å². The maximum atomic E-state index is 8.68. The predicted molar refractivity (Wildman–Crippen MR) is 65.5 cm³/mol. The number of nitriles is 1. The molecule has 0 heterocycles. The monoisotopic (exact) mass is 265 g/mol. The fraction of sp³-hybridized carbons (Fsp3) is 0.182. The lowest BCUT2D eigenvalue weighted by Gasteiger charge is -2.05. The van der Waals surface area contributed by atoms with Gasteiger partial charge in [-0.2, -0.15) is 5.26 Å². The number of nitrogens with one attached hydrogen (secondary N) is 1. The molecule has 0 bridgehead atoms. The molecule has 0 saturated carbocycles. The van der Waals surface area contributed by atoms with E-state index in [0.29, 0.717) is 12.1 Å². The molecule has 15 heavy (non-hydrogen) atoms. The highest BCUT2D eigenvalue weighted by Crippen LogP contribution is 2.22. The zero-order valence-corrected chi connectivity index (χ0v) is 9.79. The smallest absolute Gasteiger partial charge is 0.0992 e. The molecule has 0 atom stereocenters. The Balaban J connectivity index is 2.63. The first-order valence-corrected chi connectivity index (χ1v) is 5.36. The van der Waals surface area contributed by atoms with Gasteiger partial charge in [-0.3, -0.25) is 0 Å². The second-order valence-electron chi connectivity index (χ2n) is 2.89. The van der Waals surface area contributed by atoms with E-state index < -0.39 is 0 Å². The van der Waals surface area contributed by atoms with Crippen molar-refractivity contribution in [2.24, 2.45) is 5.73 Å². The standard InChI is InChI=1S/C11H12BrN3/c12-10-7-9(8-14)3-4-11(10)15-6-2-1-5-13/h1-4,7,15H,5-6,13H2/b2-1+. The third-order valence-corrected chi connectivity index (χ3v) is 2.47. The molecule has 0 fully saturated rings. The van der Waals surface area contributed by atoms with Gasteiger partial charge in [-0.25, -0.2) is 0 Å². The molecule has 0 aliphatic carbocycles. The number of anilines is 1. The Labute approximate surface area is 97.7 Å². The van der Waals surface area contributed by atoms with Gasteiger partial charge in [-0.15, -0.1) is 0 Å². The van der Waals surface area contributed by atoms with Crippen molar-refractivity contribution in [3.8, 4) is 6.07 Å². The summed E-state index contributed by atoms with van der Waals surface area (Å²) in [6, 6.07) is 7.52. The van der Waals surface area contributed by atoms with Crippen LogP contribution in [0.1, 0.15) is 5.56 Å². The Morgan fingerprint density at radius 3 is 2.87 bits per heavy atom. The van der Waals surface area contributed by atoms with E-state index in [4.69, 9.17) is 11.0 Å². The number of benzene rings is 1. The molecule has 0 aliphatic rings. The molecular formula is C11H12BrN3. The van der Waals surface area contributed by atoms with Gasteiger partial charge < -0.3 is 11.1 Å². The van der Waals surface area contributed by atoms with Crippen molar-refractivity contribution in [2.45, 2.75) is 0 Å². The van der Waals surface area contributed by atoms with Gasteiger partial charge in [0.2, 0.25) is 0 Å². The number of hydrogen-bond acceptors (Lipinski definition) is 3. The first-order valence-electron chi connectivity index (χ1n) is 4.56. The minimum Gasteiger partial charge on any atom is -0.381 e. The molecule has 0 radical (unpaired) electrons. The molecule has 4 heteroatoms. The summed E-state index contributed by atoms with van der Waals surface area (Å²) in [4.78, 5) is 0. The van der Waals surface area contributed by atoms with E-state index in [2.05, 4.69) is 27.3 Å². The van der Waals surface area contributed by atoms with Crippen LogP contribution in [0.2, 0.25) is 0 Å². The van der Waals surface area contributed by atoms with Crippen molar-refractivity contribution in [1.82, 2.24) is 0 Å². The maximum Gasteiger partial charge on any atom is 0.0992 e. The lowest BCUT2D eigenvalue weighted by Crippen LogP contribution is -2.00. The van der Waals surface area contributed by atoms with Crippen LogP contribution in [0.3, 0.4) is 0 Å². The molecule has 0 aromatic heterocycles. The van der Waals surface area contributed by atoms with Crippen molar-refractivity contribution < 1.29 is 0 Å². The Morgan fingerprint density at radius 2 is 2.27 bits per heavy atom. The van der Waals surface area contributed by atoms with Crippen LogP contribution in [0.4, 0.5) is 5.69 Å². The first kappa shape index (κ1) is 11.8. The van der Waals surface area contributed by atoms with E-state index in [1.54, 1.807) is 12.1 Å². The molecule has 0 amide bonds. The topological polar surface area (TPSA) is 61.8 Å². The Morgan fingerprint density at radius 1 is 1.47 bits per heavy atom. The second kappa shape index (κ2) is 6.23. The van der Waals surface area contributed by atoms with Gasteiger partial charge in [-0.1, -0.05) is 12.2 Å². The van der Waals surface area contributed by atoms with Gasteiger partial charge in [0.05, 0.1) is 11.6 Å². The van der Waals surface area contributed by atoms with E-state index >= 15 is 0 Å². The van der Waals surface area contributed by atoms with Crippen LogP contribution in [-0.2, 0) is 0 Å². The van der Waals surface area contributed by atoms with E-state index in [1.807, 2.05) is 18.2 Å². The maximum absolute atomic E-state index is 8.68. The number of nitrogens with two attached hydrogens (primary N) is 1. The van der Waals surface area contributed by atoms with E-state index in [0.717, 1.165) is 16.7 Å². The van der Waals surface area contributed by atoms with Crippen LogP contribution in [0.15, 0.2) is 34.8 Å². The van der Waals surface area contributed by atoms with Crippen molar-refractivity contribution in [2.75, 3.05) is 18.4 Å². The summed E-state index contributed by atoms with van der Waals surface area (Å²) in [6.07, 6.45) is 3.86. The SMILES string of the molecule is N#Cc1ccc(NC/C=C/CN)c(Br)c1. The van der Waals surface area contributed by atoms with Gasteiger partial charge in [0.1, 0.15) is 0 Å². The molecule has 1 aromatic carbocycles. The average molecular weight is 266 g/mol. The molecule has 78 valence electrons. The van der Waals surface area contributed by atoms with E-state index in [-0.39, 0.29) is 0 Å². The minimum atomic E-state index is 0.552. The van der Waals surface area contributed by atoms with Gasteiger partial charge >= 0.3 is 0 Å². The number of rotatable bonds is 4. The average Bonchev–Trinajstić information content (AvgIpc) is 2.26. The third kappa shape index (κ3) is 3.74. The molecule has 0 unspecified atom stereocenters. The largest absolute Gasteiger partial charge is 0.381 e. The molecule has 1 aromatic rings. The number of hydrogen-bond donors (Lipinski definition) is 2. The van der Waals surface area contributed by atoms with Gasteiger partial charge in [-0.05, 0) is 34.1 Å². The summed E-state index contributed by atoms with van der Waals surface area (Å²) in [7, 11) is 0. The molecular weight excluding hydrogens is 254 g/mol. The van der Waals surface area contributed by atoms with Crippen LogP contribution in [0, 0.1) is 11.3 Å². The molecule has 3 N–H and O–H groups in total. The summed E-state index contributed by atoms with van der Waals surface area (Å²) in [6.45, 7) is 1.28. The van der Waals surface area contributed by atoms with Gasteiger partial charge in [0.25, 0.3) is 0 Å². The first-order chi connectivity index (χ1) is 7.27. The van der Waals surface area contributed by atoms with Gasteiger partial charge in [0, 0.05) is 23.2 Å². The molecule has 0 saturated heterocycles. The van der Waals surface area contributed by atoms with Gasteiger partial charge in [0.15, 0.2) is 0 Å². The Kier molecular flexibility index (Phi) is 4.88. The highest BCUT2D eigenvalue weighted by molar-refractivity contribution is 9.10. The Hall–Kier alpha value is -1.31. The molecule has 0 aliphatic heterocycles.